The van der Waals surface area contributed by atoms with Crippen molar-refractivity contribution >= 4 is 0 Å². The van der Waals surface area contributed by atoms with Gasteiger partial charge in [0.25, 0.3) is 0 Å². The minimum Gasteiger partial charge on any atom is -0.368 e. The SMILES string of the molecule is CC(C)OC(OC(C)C)[C@@H]1CO1. The van der Waals surface area contributed by atoms with E-state index in [9.17, 15) is 0 Å². The molecule has 12 heavy (non-hydrogen) atoms. The Bertz CT molecular complexity index is 120. The van der Waals surface area contributed by atoms with E-state index in [1.807, 2.05) is 27.7 Å². The third-order valence-corrected chi connectivity index (χ3v) is 1.48. The standard InChI is InChI=1S/C9H18O3/c1-6(2)11-9(8-5-10-8)12-7(3)4/h6-9H,5H2,1-4H3/t8-/m0/s1. The molecule has 0 amide bonds. The van der Waals surface area contributed by atoms with Crippen LogP contribution >= 0.6 is 0 Å². The molecule has 0 spiro atoms. The van der Waals surface area contributed by atoms with E-state index in [1.165, 1.54) is 0 Å². The first-order valence-electron chi connectivity index (χ1n) is 4.52. The van der Waals surface area contributed by atoms with E-state index in [0.29, 0.717) is 0 Å². The van der Waals surface area contributed by atoms with Gasteiger partial charge < -0.3 is 14.2 Å². The molecular formula is C9H18O3. The second-order valence-corrected chi connectivity index (χ2v) is 3.61. The maximum Gasteiger partial charge on any atom is 0.186 e. The number of hydrogen-bond acceptors (Lipinski definition) is 3. The lowest BCUT2D eigenvalue weighted by Crippen LogP contribution is -2.29. The molecule has 1 saturated heterocycles. The topological polar surface area (TPSA) is 31.0 Å². The second kappa shape index (κ2) is 4.21. The zero-order valence-electron chi connectivity index (χ0n) is 8.24. The fourth-order valence-electron chi connectivity index (χ4n) is 0.957. The third-order valence-electron chi connectivity index (χ3n) is 1.48. The molecule has 1 atom stereocenters. The lowest BCUT2D eigenvalue weighted by Gasteiger charge is -2.21. The Labute approximate surface area is 74.0 Å². The number of rotatable bonds is 5. The molecule has 3 heteroatoms. The van der Waals surface area contributed by atoms with Gasteiger partial charge in [0.05, 0.1) is 18.8 Å². The van der Waals surface area contributed by atoms with Crippen molar-refractivity contribution in [1.29, 1.82) is 0 Å². The average molecular weight is 174 g/mol. The summed E-state index contributed by atoms with van der Waals surface area (Å²) in [6.07, 6.45) is 0.371. The first-order chi connectivity index (χ1) is 5.59. The normalized spacial score (nSPS) is 22.8. The van der Waals surface area contributed by atoms with Crippen molar-refractivity contribution < 1.29 is 14.2 Å². The number of hydrogen-bond donors (Lipinski definition) is 0. The summed E-state index contributed by atoms with van der Waals surface area (Å²) in [4.78, 5) is 0. The molecule has 0 unspecified atom stereocenters. The Morgan fingerprint density at radius 3 is 1.75 bits per heavy atom. The molecule has 0 N–H and O–H groups in total. The Morgan fingerprint density at radius 2 is 1.50 bits per heavy atom. The van der Waals surface area contributed by atoms with Crippen molar-refractivity contribution in [3.8, 4) is 0 Å². The van der Waals surface area contributed by atoms with Gasteiger partial charge in [-0.1, -0.05) is 0 Å². The summed E-state index contributed by atoms with van der Waals surface area (Å²) in [5, 5.41) is 0. The predicted molar refractivity (Wildman–Crippen MR) is 46.0 cm³/mol. The van der Waals surface area contributed by atoms with Gasteiger partial charge >= 0.3 is 0 Å². The molecule has 1 rings (SSSR count). The van der Waals surface area contributed by atoms with Crippen molar-refractivity contribution in [3.05, 3.63) is 0 Å². The van der Waals surface area contributed by atoms with Crippen LogP contribution in [-0.4, -0.2) is 31.2 Å². The first kappa shape index (κ1) is 9.96. The molecule has 0 saturated carbocycles. The van der Waals surface area contributed by atoms with Crippen LogP contribution in [0.2, 0.25) is 0 Å². The molecular weight excluding hydrogens is 156 g/mol. The molecule has 72 valence electrons. The van der Waals surface area contributed by atoms with E-state index in [2.05, 4.69) is 0 Å². The molecule has 0 aromatic rings. The minimum atomic E-state index is -0.176. The van der Waals surface area contributed by atoms with Crippen LogP contribution in [0.15, 0.2) is 0 Å². The highest BCUT2D eigenvalue weighted by Gasteiger charge is 2.35. The van der Waals surface area contributed by atoms with Crippen LogP contribution in [0.1, 0.15) is 27.7 Å². The monoisotopic (exact) mass is 174 g/mol. The van der Waals surface area contributed by atoms with E-state index in [1.54, 1.807) is 0 Å². The van der Waals surface area contributed by atoms with Crippen molar-refractivity contribution in [3.63, 3.8) is 0 Å². The Kier molecular flexibility index (Phi) is 3.50. The van der Waals surface area contributed by atoms with Crippen LogP contribution in [0.25, 0.3) is 0 Å². The van der Waals surface area contributed by atoms with Crippen LogP contribution in [-0.2, 0) is 14.2 Å². The molecule has 3 nitrogen and oxygen atoms in total. The summed E-state index contributed by atoms with van der Waals surface area (Å²) in [6.45, 7) is 8.76. The maximum absolute atomic E-state index is 5.54. The summed E-state index contributed by atoms with van der Waals surface area (Å²) >= 11 is 0. The summed E-state index contributed by atoms with van der Waals surface area (Å²) < 4.78 is 16.2. The van der Waals surface area contributed by atoms with Gasteiger partial charge in [-0.3, -0.25) is 0 Å². The van der Waals surface area contributed by atoms with Gasteiger partial charge in [-0.15, -0.1) is 0 Å². The van der Waals surface area contributed by atoms with Crippen molar-refractivity contribution in [2.45, 2.75) is 52.3 Å². The first-order valence-corrected chi connectivity index (χ1v) is 4.52. The fourth-order valence-corrected chi connectivity index (χ4v) is 0.957. The molecule has 0 bridgehead atoms. The van der Waals surface area contributed by atoms with E-state index < -0.39 is 0 Å². The molecule has 0 aromatic heterocycles. The van der Waals surface area contributed by atoms with E-state index in [-0.39, 0.29) is 24.6 Å². The van der Waals surface area contributed by atoms with E-state index in [4.69, 9.17) is 14.2 Å². The fraction of sp³-hybridized carbons (Fsp3) is 1.00. The Balaban J connectivity index is 2.27. The second-order valence-electron chi connectivity index (χ2n) is 3.61. The van der Waals surface area contributed by atoms with Crippen LogP contribution in [0.5, 0.6) is 0 Å². The third kappa shape index (κ3) is 3.52. The summed E-state index contributed by atoms with van der Waals surface area (Å²) in [6, 6.07) is 0. The van der Waals surface area contributed by atoms with Gasteiger partial charge in [-0.25, -0.2) is 0 Å². The van der Waals surface area contributed by atoms with E-state index >= 15 is 0 Å². The van der Waals surface area contributed by atoms with Crippen LogP contribution < -0.4 is 0 Å². The average Bonchev–Trinajstić information content (AvgIpc) is 2.63. The van der Waals surface area contributed by atoms with Crippen LogP contribution in [0, 0.1) is 0 Å². The summed E-state index contributed by atoms with van der Waals surface area (Å²) in [5.41, 5.74) is 0. The summed E-state index contributed by atoms with van der Waals surface area (Å²) in [7, 11) is 0. The van der Waals surface area contributed by atoms with Gasteiger partial charge in [0.2, 0.25) is 0 Å². The Hall–Kier alpha value is -0.120. The zero-order chi connectivity index (χ0) is 9.14. The molecule has 0 aliphatic carbocycles. The lowest BCUT2D eigenvalue weighted by molar-refractivity contribution is -0.189. The molecule has 0 aromatic carbocycles. The molecule has 1 aliphatic rings. The van der Waals surface area contributed by atoms with Crippen LogP contribution in [0.4, 0.5) is 0 Å². The highest BCUT2D eigenvalue weighted by atomic mass is 16.7. The summed E-state index contributed by atoms with van der Waals surface area (Å²) in [5.74, 6) is 0. The highest BCUT2D eigenvalue weighted by Crippen LogP contribution is 2.20. The number of epoxide rings is 1. The maximum atomic E-state index is 5.54. The zero-order valence-corrected chi connectivity index (χ0v) is 8.24. The Morgan fingerprint density at radius 1 is 1.08 bits per heavy atom. The molecule has 0 radical (unpaired) electrons. The molecule has 1 fully saturated rings. The number of ether oxygens (including phenoxy) is 3. The van der Waals surface area contributed by atoms with Gasteiger partial charge in [0.1, 0.15) is 6.10 Å². The highest BCUT2D eigenvalue weighted by molar-refractivity contribution is 4.74. The van der Waals surface area contributed by atoms with Gasteiger partial charge in [-0.2, -0.15) is 0 Å². The van der Waals surface area contributed by atoms with Gasteiger partial charge in [0, 0.05) is 0 Å². The van der Waals surface area contributed by atoms with E-state index in [0.717, 1.165) is 6.61 Å². The molecule has 1 aliphatic heterocycles. The van der Waals surface area contributed by atoms with Gasteiger partial charge in [0.15, 0.2) is 6.29 Å². The van der Waals surface area contributed by atoms with Crippen LogP contribution in [0.3, 0.4) is 0 Å². The van der Waals surface area contributed by atoms with Gasteiger partial charge in [-0.05, 0) is 27.7 Å². The quantitative estimate of drug-likeness (QED) is 0.468. The lowest BCUT2D eigenvalue weighted by atomic mass is 10.4. The predicted octanol–water partition coefficient (Wildman–Crippen LogP) is 1.56. The smallest absolute Gasteiger partial charge is 0.186 e. The van der Waals surface area contributed by atoms with Crippen molar-refractivity contribution in [2.75, 3.05) is 6.61 Å². The van der Waals surface area contributed by atoms with Crippen molar-refractivity contribution in [1.82, 2.24) is 0 Å². The van der Waals surface area contributed by atoms with Crippen molar-refractivity contribution in [2.24, 2.45) is 0 Å². The largest absolute Gasteiger partial charge is 0.368 e. The minimum absolute atomic E-state index is 0.162. The molecule has 1 heterocycles.